The number of aromatic nitrogens is 2. The minimum Gasteiger partial charge on any atom is -0.444 e. The first-order valence-corrected chi connectivity index (χ1v) is 9.29. The Balaban J connectivity index is 2.06. The van der Waals surface area contributed by atoms with Crippen molar-refractivity contribution in [1.29, 1.82) is 0 Å². The van der Waals surface area contributed by atoms with Crippen molar-refractivity contribution in [2.45, 2.75) is 52.4 Å². The fourth-order valence-corrected chi connectivity index (χ4v) is 2.81. The molecular formula is C14H25N5O4S. The molecule has 24 heavy (non-hydrogen) atoms. The molecule has 2 N–H and O–H groups in total. The largest absolute Gasteiger partial charge is 0.444 e. The predicted molar refractivity (Wildman–Crippen MR) is 88.3 cm³/mol. The van der Waals surface area contributed by atoms with Crippen molar-refractivity contribution in [3.8, 4) is 0 Å². The van der Waals surface area contributed by atoms with E-state index in [1.807, 2.05) is 25.5 Å². The van der Waals surface area contributed by atoms with E-state index < -0.39 is 15.8 Å². The summed E-state index contributed by atoms with van der Waals surface area (Å²) in [5, 5.41) is 4.40. The average Bonchev–Trinajstić information content (AvgIpc) is 2.74. The maximum atomic E-state index is 12.3. The van der Waals surface area contributed by atoms with Gasteiger partial charge in [-0.3, -0.25) is 4.68 Å². The summed E-state index contributed by atoms with van der Waals surface area (Å²) < 4.78 is 34.6. The zero-order valence-corrected chi connectivity index (χ0v) is 15.3. The first-order chi connectivity index (χ1) is 11.1. The van der Waals surface area contributed by atoms with Crippen LogP contribution in [0.2, 0.25) is 0 Å². The molecule has 0 aliphatic carbocycles. The van der Waals surface area contributed by atoms with Crippen molar-refractivity contribution in [2.24, 2.45) is 0 Å². The van der Waals surface area contributed by atoms with Gasteiger partial charge in [-0.25, -0.2) is 9.52 Å². The third-order valence-corrected chi connectivity index (χ3v) is 4.49. The number of nitrogens with one attached hydrogen (secondary N) is 2. The second-order valence-electron chi connectivity index (χ2n) is 6.63. The topological polar surface area (TPSA) is 106 Å². The molecule has 0 fully saturated rings. The second-order valence-corrected chi connectivity index (χ2v) is 8.34. The number of carbonyl (C=O) groups is 1. The molecule has 0 unspecified atom stereocenters. The smallest absolute Gasteiger partial charge is 0.410 e. The minimum atomic E-state index is -3.50. The Morgan fingerprint density at radius 3 is 2.71 bits per heavy atom. The van der Waals surface area contributed by atoms with Crippen molar-refractivity contribution in [2.75, 3.05) is 13.6 Å². The molecule has 1 amide bonds. The third kappa shape index (κ3) is 5.18. The van der Waals surface area contributed by atoms with Gasteiger partial charge in [-0.1, -0.05) is 0 Å². The molecular weight excluding hydrogens is 334 g/mol. The molecule has 1 aliphatic heterocycles. The highest BCUT2D eigenvalue weighted by atomic mass is 32.2. The maximum Gasteiger partial charge on any atom is 0.410 e. The summed E-state index contributed by atoms with van der Waals surface area (Å²) in [5.74, 6) is 0. The number of carbonyl (C=O) groups excluding carboxylic acids is 1. The number of aryl methyl sites for hydroxylation is 1. The molecule has 1 aromatic heterocycles. The monoisotopic (exact) mass is 359 g/mol. The molecule has 0 atom stereocenters. The van der Waals surface area contributed by atoms with Crippen LogP contribution < -0.4 is 9.44 Å². The van der Waals surface area contributed by atoms with Gasteiger partial charge in [0.2, 0.25) is 0 Å². The van der Waals surface area contributed by atoms with Gasteiger partial charge in [0.15, 0.2) is 0 Å². The summed E-state index contributed by atoms with van der Waals surface area (Å²) in [4.78, 5) is 13.9. The fraction of sp³-hybridized carbons (Fsp3) is 0.714. The van der Waals surface area contributed by atoms with E-state index in [0.717, 1.165) is 12.1 Å². The Bertz CT molecular complexity index is 693. The highest BCUT2D eigenvalue weighted by Gasteiger charge is 2.25. The summed E-state index contributed by atoms with van der Waals surface area (Å²) in [7, 11) is -2.17. The molecule has 9 nitrogen and oxygen atoms in total. The van der Waals surface area contributed by atoms with Crippen LogP contribution in [0.4, 0.5) is 4.79 Å². The molecule has 1 aromatic rings. The van der Waals surface area contributed by atoms with E-state index >= 15 is 0 Å². The average molecular weight is 359 g/mol. The standard InChI is InChI=1S/C14H25N5O4S/c1-14(2,3)23-13(20)18-6-5-7-19-12(10-18)8-11(17-19)9-16-24(21,22)15-4/h8,15-16H,5-7,9-10H2,1-4H3. The van der Waals surface area contributed by atoms with Crippen LogP contribution in [0, 0.1) is 0 Å². The Hall–Kier alpha value is -1.65. The van der Waals surface area contributed by atoms with Gasteiger partial charge in [0.1, 0.15) is 5.60 Å². The van der Waals surface area contributed by atoms with Crippen molar-refractivity contribution in [3.63, 3.8) is 0 Å². The molecule has 0 aromatic carbocycles. The van der Waals surface area contributed by atoms with E-state index in [0.29, 0.717) is 25.3 Å². The molecule has 10 heteroatoms. The van der Waals surface area contributed by atoms with Gasteiger partial charge in [0, 0.05) is 20.1 Å². The predicted octanol–water partition coefficient (Wildman–Crippen LogP) is 0.578. The zero-order valence-electron chi connectivity index (χ0n) is 14.5. The quantitative estimate of drug-likeness (QED) is 0.818. The molecule has 0 spiro atoms. The molecule has 2 heterocycles. The van der Waals surface area contributed by atoms with Gasteiger partial charge in [-0.2, -0.15) is 18.2 Å². The van der Waals surface area contributed by atoms with Crippen LogP contribution in [-0.4, -0.2) is 48.4 Å². The number of nitrogens with zero attached hydrogens (tertiary/aromatic N) is 3. The first-order valence-electron chi connectivity index (χ1n) is 7.81. The van der Waals surface area contributed by atoms with E-state index in [4.69, 9.17) is 4.74 Å². The highest BCUT2D eigenvalue weighted by molar-refractivity contribution is 7.87. The Morgan fingerprint density at radius 1 is 1.38 bits per heavy atom. The molecule has 0 saturated carbocycles. The normalized spacial score (nSPS) is 15.8. The van der Waals surface area contributed by atoms with Crippen LogP contribution in [0.15, 0.2) is 6.07 Å². The van der Waals surface area contributed by atoms with Gasteiger partial charge < -0.3 is 9.64 Å². The molecule has 2 rings (SSSR count). The van der Waals surface area contributed by atoms with E-state index in [-0.39, 0.29) is 12.6 Å². The summed E-state index contributed by atoms with van der Waals surface area (Å²) in [6, 6.07) is 1.81. The Labute approximate surface area is 142 Å². The van der Waals surface area contributed by atoms with Gasteiger partial charge in [0.25, 0.3) is 10.2 Å². The summed E-state index contributed by atoms with van der Waals surface area (Å²) >= 11 is 0. The number of hydrogen-bond acceptors (Lipinski definition) is 5. The lowest BCUT2D eigenvalue weighted by Gasteiger charge is -2.26. The summed E-state index contributed by atoms with van der Waals surface area (Å²) in [6.45, 7) is 7.25. The molecule has 0 bridgehead atoms. The van der Waals surface area contributed by atoms with Gasteiger partial charge in [-0.15, -0.1) is 0 Å². The number of ether oxygens (including phenoxy) is 1. The molecule has 136 valence electrons. The summed E-state index contributed by atoms with van der Waals surface area (Å²) in [6.07, 6.45) is 0.407. The van der Waals surface area contributed by atoms with Crippen molar-refractivity contribution in [3.05, 3.63) is 17.5 Å². The van der Waals surface area contributed by atoms with Crippen molar-refractivity contribution in [1.82, 2.24) is 24.1 Å². The van der Waals surface area contributed by atoms with Gasteiger partial charge in [-0.05, 0) is 33.3 Å². The van der Waals surface area contributed by atoms with Gasteiger partial charge >= 0.3 is 6.09 Å². The van der Waals surface area contributed by atoms with E-state index in [9.17, 15) is 13.2 Å². The van der Waals surface area contributed by atoms with Crippen LogP contribution in [-0.2, 0) is 34.6 Å². The number of amides is 1. The van der Waals surface area contributed by atoms with Gasteiger partial charge in [0.05, 0.1) is 24.5 Å². The highest BCUT2D eigenvalue weighted by Crippen LogP contribution is 2.17. The number of rotatable bonds is 4. The fourth-order valence-electron chi connectivity index (χ4n) is 2.33. The lowest BCUT2D eigenvalue weighted by atomic mass is 10.2. The van der Waals surface area contributed by atoms with E-state index in [2.05, 4.69) is 14.5 Å². The van der Waals surface area contributed by atoms with Crippen LogP contribution in [0.3, 0.4) is 0 Å². The number of fused-ring (bicyclic) bond motifs is 1. The van der Waals surface area contributed by atoms with Crippen molar-refractivity contribution < 1.29 is 17.9 Å². The SMILES string of the molecule is CNS(=O)(=O)NCc1cc2n(n1)CCCN(C(=O)OC(C)(C)C)C2. The molecule has 0 radical (unpaired) electrons. The molecule has 0 saturated heterocycles. The Morgan fingerprint density at radius 2 is 2.08 bits per heavy atom. The lowest BCUT2D eigenvalue weighted by molar-refractivity contribution is 0.0236. The van der Waals surface area contributed by atoms with Crippen LogP contribution >= 0.6 is 0 Å². The third-order valence-electron chi connectivity index (χ3n) is 3.43. The minimum absolute atomic E-state index is 0.0929. The first kappa shape index (κ1) is 18.7. The van der Waals surface area contributed by atoms with Crippen molar-refractivity contribution >= 4 is 16.3 Å². The maximum absolute atomic E-state index is 12.3. The Kier molecular flexibility index (Phi) is 5.51. The van der Waals surface area contributed by atoms with E-state index in [1.165, 1.54) is 7.05 Å². The zero-order chi connectivity index (χ0) is 18.0. The summed E-state index contributed by atoms with van der Waals surface area (Å²) in [5.41, 5.74) is 0.923. The van der Waals surface area contributed by atoms with Crippen LogP contribution in [0.25, 0.3) is 0 Å². The second kappa shape index (κ2) is 7.08. The molecule has 1 aliphatic rings. The van der Waals surface area contributed by atoms with E-state index in [1.54, 1.807) is 11.0 Å². The van der Waals surface area contributed by atoms with Crippen LogP contribution in [0.1, 0.15) is 38.6 Å². The van der Waals surface area contributed by atoms with Crippen LogP contribution in [0.5, 0.6) is 0 Å². The number of hydrogen-bond donors (Lipinski definition) is 2. The lowest BCUT2D eigenvalue weighted by Crippen LogP contribution is -2.36.